The monoisotopic (exact) mass is 395 g/mol. The van der Waals surface area contributed by atoms with Gasteiger partial charge in [0.15, 0.2) is 5.69 Å². The van der Waals surface area contributed by atoms with E-state index in [9.17, 15) is 19.6 Å². The zero-order valence-corrected chi connectivity index (χ0v) is 16.5. The minimum atomic E-state index is -0.711. The van der Waals surface area contributed by atoms with Gasteiger partial charge in [0.1, 0.15) is 17.9 Å². The molecule has 2 heterocycles. The lowest BCUT2D eigenvalue weighted by molar-refractivity contribution is -0.112. The standard InChI is InChI=1S/C21H21N3O5/c1-12-10-24(7-6-14(12)11-25)19-15-8-13(20(26)28-2)4-5-17(15)23-18(16(19)9-22)21(27)29-3/h4-5,8,11-12,14H,6-7,10H2,1-3H3. The Labute approximate surface area is 168 Å². The van der Waals surface area contributed by atoms with Crippen LogP contribution in [0.5, 0.6) is 0 Å². The molecule has 8 nitrogen and oxygen atoms in total. The van der Waals surface area contributed by atoms with Gasteiger partial charge < -0.3 is 19.2 Å². The molecule has 1 aliphatic rings. The number of nitriles is 1. The first-order chi connectivity index (χ1) is 13.9. The minimum Gasteiger partial charge on any atom is -0.465 e. The summed E-state index contributed by atoms with van der Waals surface area (Å²) in [4.78, 5) is 41.9. The summed E-state index contributed by atoms with van der Waals surface area (Å²) in [5, 5.41) is 10.4. The van der Waals surface area contributed by atoms with E-state index in [1.54, 1.807) is 18.2 Å². The largest absolute Gasteiger partial charge is 0.465 e. The van der Waals surface area contributed by atoms with Crippen molar-refractivity contribution in [3.8, 4) is 6.07 Å². The van der Waals surface area contributed by atoms with Crippen LogP contribution in [0.4, 0.5) is 5.69 Å². The predicted octanol–water partition coefficient (Wildman–Crippen LogP) is 2.34. The molecular formula is C21H21N3O5. The SMILES string of the molecule is COC(=O)c1ccc2nc(C(=O)OC)c(C#N)c(N3CCC(C=O)C(C)C3)c2c1. The number of aldehydes is 1. The molecule has 1 aromatic heterocycles. The Morgan fingerprint density at radius 3 is 2.59 bits per heavy atom. The van der Waals surface area contributed by atoms with E-state index < -0.39 is 11.9 Å². The number of esters is 2. The third-order valence-corrected chi connectivity index (χ3v) is 5.33. The molecule has 0 spiro atoms. The molecule has 1 aliphatic heterocycles. The lowest BCUT2D eigenvalue weighted by Crippen LogP contribution is -2.40. The van der Waals surface area contributed by atoms with Gasteiger partial charge in [0.05, 0.1) is 31.0 Å². The fourth-order valence-electron chi connectivity index (χ4n) is 3.74. The molecule has 1 aromatic carbocycles. The fourth-order valence-corrected chi connectivity index (χ4v) is 3.74. The van der Waals surface area contributed by atoms with Gasteiger partial charge >= 0.3 is 11.9 Å². The molecule has 1 saturated heterocycles. The number of benzene rings is 1. The third-order valence-electron chi connectivity index (χ3n) is 5.33. The van der Waals surface area contributed by atoms with Crippen molar-refractivity contribution < 1.29 is 23.9 Å². The van der Waals surface area contributed by atoms with Crippen molar-refractivity contribution in [1.82, 2.24) is 4.98 Å². The van der Waals surface area contributed by atoms with Crippen molar-refractivity contribution >= 4 is 34.8 Å². The van der Waals surface area contributed by atoms with E-state index in [2.05, 4.69) is 11.1 Å². The number of hydrogen-bond donors (Lipinski definition) is 0. The topological polar surface area (TPSA) is 110 Å². The molecule has 0 radical (unpaired) electrons. The van der Waals surface area contributed by atoms with Crippen LogP contribution in [0.3, 0.4) is 0 Å². The first kappa shape index (κ1) is 20.3. The summed E-state index contributed by atoms with van der Waals surface area (Å²) in [5.74, 6) is -1.21. The summed E-state index contributed by atoms with van der Waals surface area (Å²) in [7, 11) is 2.52. The molecule has 0 bridgehead atoms. The summed E-state index contributed by atoms with van der Waals surface area (Å²) < 4.78 is 9.61. The number of piperidine rings is 1. The Morgan fingerprint density at radius 1 is 1.28 bits per heavy atom. The van der Waals surface area contributed by atoms with Crippen molar-refractivity contribution in [3.63, 3.8) is 0 Å². The van der Waals surface area contributed by atoms with Gasteiger partial charge in [-0.3, -0.25) is 0 Å². The average molecular weight is 395 g/mol. The van der Waals surface area contributed by atoms with E-state index in [1.165, 1.54) is 14.2 Å². The average Bonchev–Trinajstić information content (AvgIpc) is 2.75. The van der Waals surface area contributed by atoms with Crippen LogP contribution >= 0.6 is 0 Å². The predicted molar refractivity (Wildman–Crippen MR) is 105 cm³/mol. The first-order valence-corrected chi connectivity index (χ1v) is 9.19. The van der Waals surface area contributed by atoms with Crippen molar-refractivity contribution in [3.05, 3.63) is 35.0 Å². The Kier molecular flexibility index (Phi) is 5.78. The van der Waals surface area contributed by atoms with Gasteiger partial charge in [-0.1, -0.05) is 6.92 Å². The lowest BCUT2D eigenvalue weighted by Gasteiger charge is -2.37. The zero-order chi connectivity index (χ0) is 21.1. The van der Waals surface area contributed by atoms with Crippen molar-refractivity contribution in [2.75, 3.05) is 32.2 Å². The van der Waals surface area contributed by atoms with Crippen molar-refractivity contribution in [2.24, 2.45) is 11.8 Å². The second kappa shape index (κ2) is 8.27. The number of fused-ring (bicyclic) bond motifs is 1. The van der Waals surface area contributed by atoms with Gasteiger partial charge in [-0.05, 0) is 30.5 Å². The first-order valence-electron chi connectivity index (χ1n) is 9.19. The summed E-state index contributed by atoms with van der Waals surface area (Å²) in [6, 6.07) is 6.86. The minimum absolute atomic E-state index is 0.0596. The highest BCUT2D eigenvalue weighted by Gasteiger charge is 2.31. The number of methoxy groups -OCH3 is 2. The molecule has 0 N–H and O–H groups in total. The quantitative estimate of drug-likeness (QED) is 0.573. The molecule has 1 fully saturated rings. The zero-order valence-electron chi connectivity index (χ0n) is 16.5. The molecule has 0 saturated carbocycles. The normalized spacial score (nSPS) is 18.8. The number of carbonyl (C=O) groups excluding carboxylic acids is 3. The van der Waals surface area contributed by atoms with Gasteiger partial charge in [0, 0.05) is 24.4 Å². The van der Waals surface area contributed by atoms with Crippen molar-refractivity contribution in [2.45, 2.75) is 13.3 Å². The Balaban J connectivity index is 2.27. The van der Waals surface area contributed by atoms with Crippen LogP contribution in [-0.2, 0) is 14.3 Å². The maximum atomic E-state index is 12.3. The number of anilines is 1. The smallest absolute Gasteiger partial charge is 0.358 e. The Hall–Kier alpha value is -3.47. The maximum absolute atomic E-state index is 12.3. The number of hydrogen-bond acceptors (Lipinski definition) is 8. The van der Waals surface area contributed by atoms with E-state index in [1.807, 2.05) is 11.8 Å². The molecule has 0 amide bonds. The van der Waals surface area contributed by atoms with E-state index in [0.29, 0.717) is 41.7 Å². The van der Waals surface area contributed by atoms with Gasteiger partial charge in [0.25, 0.3) is 0 Å². The van der Waals surface area contributed by atoms with Crippen LogP contribution in [0.2, 0.25) is 0 Å². The third kappa shape index (κ3) is 3.63. The van der Waals surface area contributed by atoms with Crippen LogP contribution < -0.4 is 4.90 Å². The number of carbonyl (C=O) groups is 3. The maximum Gasteiger partial charge on any atom is 0.358 e. The number of rotatable bonds is 4. The molecule has 2 unspecified atom stereocenters. The highest BCUT2D eigenvalue weighted by molar-refractivity contribution is 6.04. The highest BCUT2D eigenvalue weighted by Crippen LogP contribution is 2.36. The summed E-state index contributed by atoms with van der Waals surface area (Å²) in [6.45, 7) is 3.03. The fraction of sp³-hybridized carbons (Fsp3) is 0.381. The highest BCUT2D eigenvalue weighted by atomic mass is 16.5. The number of aromatic nitrogens is 1. The number of nitrogens with zero attached hydrogens (tertiary/aromatic N) is 3. The van der Waals surface area contributed by atoms with Gasteiger partial charge in [-0.25, -0.2) is 14.6 Å². The van der Waals surface area contributed by atoms with Crippen molar-refractivity contribution in [1.29, 1.82) is 5.26 Å². The van der Waals surface area contributed by atoms with E-state index in [-0.39, 0.29) is 23.1 Å². The molecule has 0 aliphatic carbocycles. The van der Waals surface area contributed by atoms with Crippen LogP contribution in [0.1, 0.15) is 39.8 Å². The van der Waals surface area contributed by atoms with E-state index in [4.69, 9.17) is 9.47 Å². The molecule has 3 rings (SSSR count). The Morgan fingerprint density at radius 2 is 2.00 bits per heavy atom. The van der Waals surface area contributed by atoms with Gasteiger partial charge in [-0.15, -0.1) is 0 Å². The van der Waals surface area contributed by atoms with Gasteiger partial charge in [0.2, 0.25) is 0 Å². The van der Waals surface area contributed by atoms with E-state index >= 15 is 0 Å². The second-order valence-corrected chi connectivity index (χ2v) is 7.02. The van der Waals surface area contributed by atoms with Crippen LogP contribution in [0, 0.1) is 23.2 Å². The molecule has 29 heavy (non-hydrogen) atoms. The van der Waals surface area contributed by atoms with Gasteiger partial charge in [-0.2, -0.15) is 5.26 Å². The molecular weight excluding hydrogens is 374 g/mol. The summed E-state index contributed by atoms with van der Waals surface area (Å²) in [6.07, 6.45) is 1.59. The van der Waals surface area contributed by atoms with Crippen LogP contribution in [-0.4, -0.2) is 50.5 Å². The molecule has 2 atom stereocenters. The molecule has 8 heteroatoms. The lowest BCUT2D eigenvalue weighted by atomic mass is 9.87. The van der Waals surface area contributed by atoms with Crippen LogP contribution in [0.15, 0.2) is 18.2 Å². The molecule has 150 valence electrons. The van der Waals surface area contributed by atoms with Crippen LogP contribution in [0.25, 0.3) is 10.9 Å². The summed E-state index contributed by atoms with van der Waals surface area (Å²) >= 11 is 0. The number of ether oxygens (including phenoxy) is 2. The summed E-state index contributed by atoms with van der Waals surface area (Å²) in [5.41, 5.74) is 1.29. The second-order valence-electron chi connectivity index (χ2n) is 7.02. The molecule has 2 aromatic rings. The Bertz CT molecular complexity index is 1030. The number of pyridine rings is 1. The van der Waals surface area contributed by atoms with E-state index in [0.717, 1.165) is 6.29 Å².